The van der Waals surface area contributed by atoms with E-state index in [1.165, 1.54) is 4.31 Å². The van der Waals surface area contributed by atoms with Crippen molar-refractivity contribution in [1.82, 2.24) is 23.4 Å². The van der Waals surface area contributed by atoms with Crippen molar-refractivity contribution in [2.75, 3.05) is 27.2 Å². The number of hydrogen-bond acceptors (Lipinski definition) is 4. The largest absolute Gasteiger partial charge is 0.281 e. The maximum Gasteiger partial charge on any atom is 0.281 e. The van der Waals surface area contributed by atoms with Gasteiger partial charge in [0.05, 0.1) is 11.4 Å². The lowest BCUT2D eigenvalue weighted by Crippen LogP contribution is -2.45. The van der Waals surface area contributed by atoms with Gasteiger partial charge in [0.15, 0.2) is 0 Å². The Kier molecular flexibility index (Phi) is 5.74. The molecule has 1 aliphatic heterocycles. The first-order chi connectivity index (χ1) is 12.4. The summed E-state index contributed by atoms with van der Waals surface area (Å²) in [6.07, 6.45) is 6.49. The molecule has 0 aliphatic carbocycles. The third-order valence-electron chi connectivity index (χ3n) is 4.90. The van der Waals surface area contributed by atoms with Crippen molar-refractivity contribution in [3.05, 3.63) is 36.2 Å². The van der Waals surface area contributed by atoms with Gasteiger partial charge in [0.2, 0.25) is 0 Å². The monoisotopic (exact) mass is 377 g/mol. The van der Waals surface area contributed by atoms with E-state index in [1.54, 1.807) is 24.6 Å². The Labute approximate surface area is 155 Å². The zero-order valence-electron chi connectivity index (χ0n) is 15.7. The minimum absolute atomic E-state index is 0.326. The Hall–Kier alpha value is -1.77. The quantitative estimate of drug-likeness (QED) is 0.772. The molecule has 0 aromatic carbocycles. The summed E-state index contributed by atoms with van der Waals surface area (Å²) in [6.45, 7) is 4.05. The second kappa shape index (κ2) is 7.85. The summed E-state index contributed by atoms with van der Waals surface area (Å²) >= 11 is 0. The van der Waals surface area contributed by atoms with Crippen LogP contribution in [0.15, 0.2) is 30.6 Å². The molecule has 1 aliphatic rings. The van der Waals surface area contributed by atoms with E-state index in [9.17, 15) is 8.42 Å². The second-order valence-corrected chi connectivity index (χ2v) is 9.09. The van der Waals surface area contributed by atoms with Crippen LogP contribution in [0.2, 0.25) is 0 Å². The van der Waals surface area contributed by atoms with Crippen LogP contribution in [0.3, 0.4) is 0 Å². The van der Waals surface area contributed by atoms with E-state index in [2.05, 4.69) is 23.1 Å². The van der Waals surface area contributed by atoms with Gasteiger partial charge in [-0.25, -0.2) is 0 Å². The molecule has 3 rings (SSSR count). The molecule has 1 unspecified atom stereocenters. The average molecular weight is 378 g/mol. The van der Waals surface area contributed by atoms with Gasteiger partial charge in [-0.1, -0.05) is 6.07 Å². The maximum atomic E-state index is 12.4. The molecule has 0 amide bonds. The molecule has 0 radical (unpaired) electrons. The van der Waals surface area contributed by atoms with Gasteiger partial charge in [-0.3, -0.25) is 9.67 Å². The molecule has 1 fully saturated rings. The van der Waals surface area contributed by atoms with Crippen LogP contribution in [0.25, 0.3) is 11.4 Å². The summed E-state index contributed by atoms with van der Waals surface area (Å²) in [7, 11) is -0.156. The lowest BCUT2D eigenvalue weighted by Gasteiger charge is -2.33. The Balaban J connectivity index is 1.67. The SMILES string of the molecule is CCn1nccc1-c1ccc(CC2CCCN(S(=O)(=O)N(C)C)C2)cn1. The van der Waals surface area contributed by atoms with Gasteiger partial charge in [0, 0.05) is 46.1 Å². The van der Waals surface area contributed by atoms with Gasteiger partial charge in [-0.05, 0) is 49.8 Å². The predicted octanol–water partition coefficient (Wildman–Crippen LogP) is 2.03. The highest BCUT2D eigenvalue weighted by Crippen LogP contribution is 2.24. The highest BCUT2D eigenvalue weighted by atomic mass is 32.2. The third-order valence-corrected chi connectivity index (χ3v) is 6.80. The number of piperidine rings is 1. The Morgan fingerprint density at radius 2 is 2.08 bits per heavy atom. The smallest absolute Gasteiger partial charge is 0.264 e. The molecule has 1 saturated heterocycles. The van der Waals surface area contributed by atoms with Crippen LogP contribution in [-0.4, -0.2) is 59.0 Å². The Morgan fingerprint density at radius 3 is 2.73 bits per heavy atom. The van der Waals surface area contributed by atoms with Gasteiger partial charge in [0.25, 0.3) is 10.2 Å². The minimum atomic E-state index is -3.33. The topological polar surface area (TPSA) is 71.3 Å². The molecule has 7 nitrogen and oxygen atoms in total. The lowest BCUT2D eigenvalue weighted by atomic mass is 9.93. The Bertz CT molecular complexity index is 830. The number of aromatic nitrogens is 3. The molecular formula is C18H27N5O2S. The van der Waals surface area contributed by atoms with Gasteiger partial charge in [-0.2, -0.15) is 22.1 Å². The summed E-state index contributed by atoms with van der Waals surface area (Å²) in [5, 5.41) is 4.28. The fraction of sp³-hybridized carbons (Fsp3) is 0.556. The molecule has 2 aromatic heterocycles. The zero-order chi connectivity index (χ0) is 18.7. The summed E-state index contributed by atoms with van der Waals surface area (Å²) in [4.78, 5) is 4.59. The van der Waals surface area contributed by atoms with E-state index < -0.39 is 10.2 Å². The second-order valence-electron chi connectivity index (χ2n) is 6.94. The zero-order valence-corrected chi connectivity index (χ0v) is 16.5. The molecule has 3 heterocycles. The normalized spacial score (nSPS) is 19.2. The van der Waals surface area contributed by atoms with Gasteiger partial charge in [0.1, 0.15) is 0 Å². The van der Waals surface area contributed by atoms with Crippen molar-refractivity contribution < 1.29 is 8.42 Å². The molecule has 0 N–H and O–H groups in total. The van der Waals surface area contributed by atoms with Gasteiger partial charge < -0.3 is 0 Å². The molecule has 0 spiro atoms. The molecule has 0 saturated carbocycles. The summed E-state index contributed by atoms with van der Waals surface area (Å²) < 4.78 is 29.5. The van der Waals surface area contributed by atoms with Crippen molar-refractivity contribution in [2.24, 2.45) is 5.92 Å². The van der Waals surface area contributed by atoms with E-state index in [1.807, 2.05) is 23.0 Å². The summed E-state index contributed by atoms with van der Waals surface area (Å²) in [5.41, 5.74) is 3.07. The minimum Gasteiger partial charge on any atom is -0.264 e. The fourth-order valence-corrected chi connectivity index (χ4v) is 4.69. The van der Waals surface area contributed by atoms with E-state index in [-0.39, 0.29) is 0 Å². The predicted molar refractivity (Wildman–Crippen MR) is 102 cm³/mol. The van der Waals surface area contributed by atoms with Crippen LogP contribution < -0.4 is 0 Å². The molecule has 8 heteroatoms. The number of nitrogens with zero attached hydrogens (tertiary/aromatic N) is 5. The average Bonchev–Trinajstić information content (AvgIpc) is 3.11. The van der Waals surface area contributed by atoms with E-state index in [4.69, 9.17) is 0 Å². The standard InChI is InChI=1S/C18H27N5O2S/c1-4-23-18(9-10-20-23)17-8-7-15(13-19-17)12-16-6-5-11-22(14-16)26(24,25)21(2)3/h7-10,13,16H,4-6,11-12,14H2,1-3H3. The number of rotatable bonds is 6. The van der Waals surface area contributed by atoms with Crippen molar-refractivity contribution in [3.8, 4) is 11.4 Å². The molecular weight excluding hydrogens is 350 g/mol. The third kappa shape index (κ3) is 3.97. The van der Waals surface area contributed by atoms with Crippen molar-refractivity contribution in [2.45, 2.75) is 32.7 Å². The lowest BCUT2D eigenvalue weighted by molar-refractivity contribution is 0.254. The number of pyridine rings is 1. The van der Waals surface area contributed by atoms with E-state index in [0.29, 0.717) is 19.0 Å². The van der Waals surface area contributed by atoms with Crippen LogP contribution in [0.4, 0.5) is 0 Å². The first-order valence-electron chi connectivity index (χ1n) is 9.06. The van der Waals surface area contributed by atoms with Crippen molar-refractivity contribution in [3.63, 3.8) is 0 Å². The molecule has 2 aromatic rings. The number of aryl methyl sites for hydroxylation is 1. The van der Waals surface area contributed by atoms with Crippen LogP contribution in [0.1, 0.15) is 25.3 Å². The summed E-state index contributed by atoms with van der Waals surface area (Å²) in [5.74, 6) is 0.326. The van der Waals surface area contributed by atoms with Crippen molar-refractivity contribution >= 4 is 10.2 Å². The van der Waals surface area contributed by atoms with Crippen molar-refractivity contribution in [1.29, 1.82) is 0 Å². The van der Waals surface area contributed by atoms with Crippen LogP contribution in [0, 0.1) is 5.92 Å². The van der Waals surface area contributed by atoms with E-state index >= 15 is 0 Å². The first kappa shape index (κ1) is 19.0. The summed E-state index contributed by atoms with van der Waals surface area (Å²) in [6, 6.07) is 6.08. The first-order valence-corrected chi connectivity index (χ1v) is 10.5. The van der Waals surface area contributed by atoms with Crippen LogP contribution >= 0.6 is 0 Å². The molecule has 1 atom stereocenters. The molecule has 26 heavy (non-hydrogen) atoms. The van der Waals surface area contributed by atoms with E-state index in [0.717, 1.165) is 42.8 Å². The van der Waals surface area contributed by atoms with Crippen LogP contribution in [0.5, 0.6) is 0 Å². The fourth-order valence-electron chi connectivity index (χ4n) is 3.47. The molecule has 0 bridgehead atoms. The highest BCUT2D eigenvalue weighted by Gasteiger charge is 2.30. The van der Waals surface area contributed by atoms with Gasteiger partial charge in [-0.15, -0.1) is 0 Å². The van der Waals surface area contributed by atoms with Crippen LogP contribution in [-0.2, 0) is 23.2 Å². The maximum absolute atomic E-state index is 12.4. The Morgan fingerprint density at radius 1 is 1.27 bits per heavy atom. The highest BCUT2D eigenvalue weighted by molar-refractivity contribution is 7.86. The molecule has 142 valence electrons. The number of hydrogen-bond donors (Lipinski definition) is 0. The van der Waals surface area contributed by atoms with Gasteiger partial charge >= 0.3 is 0 Å².